The van der Waals surface area contributed by atoms with Crippen molar-refractivity contribution in [2.45, 2.75) is 19.8 Å². The highest BCUT2D eigenvalue weighted by molar-refractivity contribution is 7.11. The van der Waals surface area contributed by atoms with Crippen LogP contribution in [0.15, 0.2) is 18.2 Å². The predicted octanol–water partition coefficient (Wildman–Crippen LogP) is 2.56. The Morgan fingerprint density at radius 3 is 2.70 bits per heavy atom. The minimum Gasteiger partial charge on any atom is -0.497 e. The molecule has 1 heterocycles. The highest BCUT2D eigenvalue weighted by atomic mass is 32.1. The molecule has 0 aliphatic heterocycles. The van der Waals surface area contributed by atoms with Gasteiger partial charge in [-0.15, -0.1) is 11.3 Å². The van der Waals surface area contributed by atoms with Gasteiger partial charge in [-0.2, -0.15) is 0 Å². The van der Waals surface area contributed by atoms with Crippen LogP contribution in [0.25, 0.3) is 0 Å². The number of hydrogen-bond donors (Lipinski definition) is 1. The Kier molecular flexibility index (Phi) is 4.98. The maximum absolute atomic E-state index is 5.59. The van der Waals surface area contributed by atoms with Crippen LogP contribution in [0.4, 0.5) is 0 Å². The predicted molar refractivity (Wildman–Crippen MR) is 82.0 cm³/mol. The summed E-state index contributed by atoms with van der Waals surface area (Å²) >= 11 is 1.72. The number of thiazole rings is 1. The summed E-state index contributed by atoms with van der Waals surface area (Å²) in [5.41, 5.74) is 7.77. The van der Waals surface area contributed by atoms with Crippen molar-refractivity contribution in [2.75, 3.05) is 20.8 Å². The fourth-order valence-electron chi connectivity index (χ4n) is 2.08. The Bertz CT molecular complexity index is 581. The van der Waals surface area contributed by atoms with Crippen LogP contribution in [0.2, 0.25) is 0 Å². The Labute approximate surface area is 123 Å². The molecule has 0 aliphatic carbocycles. The lowest BCUT2D eigenvalue weighted by molar-refractivity contribution is 0.399. The average Bonchev–Trinajstić information content (AvgIpc) is 2.79. The fourth-order valence-corrected chi connectivity index (χ4v) is 3.18. The van der Waals surface area contributed by atoms with E-state index in [0.717, 1.165) is 40.6 Å². The average molecular weight is 292 g/mol. The lowest BCUT2D eigenvalue weighted by Gasteiger charge is -2.09. The van der Waals surface area contributed by atoms with Crippen LogP contribution >= 0.6 is 11.3 Å². The van der Waals surface area contributed by atoms with Gasteiger partial charge in [0.2, 0.25) is 0 Å². The molecule has 0 radical (unpaired) electrons. The second kappa shape index (κ2) is 6.72. The van der Waals surface area contributed by atoms with Crippen LogP contribution in [-0.2, 0) is 12.8 Å². The summed E-state index contributed by atoms with van der Waals surface area (Å²) in [5.74, 6) is 1.71. The van der Waals surface area contributed by atoms with Crippen molar-refractivity contribution in [3.05, 3.63) is 39.3 Å². The van der Waals surface area contributed by atoms with Crippen LogP contribution in [0, 0.1) is 6.92 Å². The third-order valence-electron chi connectivity index (χ3n) is 3.13. The molecule has 0 spiro atoms. The van der Waals surface area contributed by atoms with Gasteiger partial charge in [0.1, 0.15) is 11.5 Å². The Balaban J connectivity index is 2.28. The normalized spacial score (nSPS) is 10.6. The zero-order chi connectivity index (χ0) is 14.5. The molecule has 4 nitrogen and oxygen atoms in total. The maximum atomic E-state index is 5.59. The van der Waals surface area contributed by atoms with Crippen molar-refractivity contribution in [2.24, 2.45) is 5.73 Å². The van der Waals surface area contributed by atoms with E-state index in [1.807, 2.05) is 25.1 Å². The molecule has 0 saturated carbocycles. The number of benzene rings is 1. The number of hydrogen-bond acceptors (Lipinski definition) is 5. The zero-order valence-corrected chi connectivity index (χ0v) is 12.9. The first-order chi connectivity index (χ1) is 9.67. The van der Waals surface area contributed by atoms with E-state index in [9.17, 15) is 0 Å². The van der Waals surface area contributed by atoms with Gasteiger partial charge < -0.3 is 15.2 Å². The Morgan fingerprint density at radius 1 is 1.25 bits per heavy atom. The monoisotopic (exact) mass is 292 g/mol. The van der Waals surface area contributed by atoms with Crippen molar-refractivity contribution < 1.29 is 9.47 Å². The second-order valence-corrected chi connectivity index (χ2v) is 5.68. The number of rotatable bonds is 6. The van der Waals surface area contributed by atoms with Crippen LogP contribution in [0.1, 0.15) is 21.1 Å². The summed E-state index contributed by atoms with van der Waals surface area (Å²) in [4.78, 5) is 5.81. The molecule has 2 rings (SSSR count). The quantitative estimate of drug-likeness (QED) is 0.889. The van der Waals surface area contributed by atoms with Crippen LogP contribution in [0.5, 0.6) is 11.5 Å². The van der Waals surface area contributed by atoms with Crippen LogP contribution < -0.4 is 15.2 Å². The van der Waals surface area contributed by atoms with E-state index in [2.05, 4.69) is 4.98 Å². The van der Waals surface area contributed by atoms with Crippen molar-refractivity contribution >= 4 is 11.3 Å². The molecule has 0 amide bonds. The molecule has 2 aromatic rings. The molecule has 5 heteroatoms. The Morgan fingerprint density at radius 2 is 2.05 bits per heavy atom. The smallest absolute Gasteiger partial charge is 0.122 e. The maximum Gasteiger partial charge on any atom is 0.122 e. The first-order valence-corrected chi connectivity index (χ1v) is 7.35. The van der Waals surface area contributed by atoms with Crippen molar-refractivity contribution in [3.63, 3.8) is 0 Å². The van der Waals surface area contributed by atoms with Crippen LogP contribution in [-0.4, -0.2) is 25.7 Å². The molecule has 108 valence electrons. The molecular weight excluding hydrogens is 272 g/mol. The summed E-state index contributed by atoms with van der Waals surface area (Å²) in [7, 11) is 3.35. The van der Waals surface area contributed by atoms with Gasteiger partial charge >= 0.3 is 0 Å². The number of aromatic nitrogens is 1. The van der Waals surface area contributed by atoms with E-state index in [1.165, 1.54) is 4.88 Å². The molecule has 0 bridgehead atoms. The summed E-state index contributed by atoms with van der Waals surface area (Å²) in [6, 6.07) is 5.85. The lowest BCUT2D eigenvalue weighted by atomic mass is 10.1. The lowest BCUT2D eigenvalue weighted by Crippen LogP contribution is -2.01. The fraction of sp³-hybridized carbons (Fsp3) is 0.400. The van der Waals surface area contributed by atoms with Gasteiger partial charge in [-0.3, -0.25) is 0 Å². The third-order valence-corrected chi connectivity index (χ3v) is 4.35. The zero-order valence-electron chi connectivity index (χ0n) is 12.1. The van der Waals surface area contributed by atoms with Crippen LogP contribution in [0.3, 0.4) is 0 Å². The highest BCUT2D eigenvalue weighted by Gasteiger charge is 2.12. The molecule has 1 aromatic carbocycles. The summed E-state index contributed by atoms with van der Waals surface area (Å²) in [5, 5.41) is 1.10. The molecule has 0 atom stereocenters. The number of nitrogens with two attached hydrogens (primary N) is 1. The van der Waals surface area contributed by atoms with Gasteiger partial charge in [-0.1, -0.05) is 0 Å². The highest BCUT2D eigenvalue weighted by Crippen LogP contribution is 2.29. The number of nitrogens with zero attached hydrogens (tertiary/aromatic N) is 1. The Hall–Kier alpha value is -1.59. The molecular formula is C15H20N2O2S. The number of methoxy groups -OCH3 is 2. The topological polar surface area (TPSA) is 57.4 Å². The first-order valence-electron chi connectivity index (χ1n) is 6.54. The van der Waals surface area contributed by atoms with E-state index >= 15 is 0 Å². The van der Waals surface area contributed by atoms with Crippen molar-refractivity contribution in [3.8, 4) is 11.5 Å². The van der Waals surface area contributed by atoms with Crippen molar-refractivity contribution in [1.29, 1.82) is 0 Å². The van der Waals surface area contributed by atoms with E-state index in [0.29, 0.717) is 6.54 Å². The molecule has 20 heavy (non-hydrogen) atoms. The van der Waals surface area contributed by atoms with Crippen molar-refractivity contribution in [1.82, 2.24) is 4.98 Å². The summed E-state index contributed by atoms with van der Waals surface area (Å²) in [6.45, 7) is 2.67. The number of aryl methyl sites for hydroxylation is 1. The van der Waals surface area contributed by atoms with E-state index in [-0.39, 0.29) is 0 Å². The summed E-state index contributed by atoms with van der Waals surface area (Å²) < 4.78 is 10.7. The molecule has 0 fully saturated rings. The van der Waals surface area contributed by atoms with Gasteiger partial charge in [-0.25, -0.2) is 4.98 Å². The first kappa shape index (κ1) is 14.8. The third kappa shape index (κ3) is 3.29. The minimum atomic E-state index is 0.634. The van der Waals surface area contributed by atoms with E-state index in [1.54, 1.807) is 25.6 Å². The SMILES string of the molecule is COc1ccc(OC)c(Cc2sc(CCN)nc2C)c1. The molecule has 2 N–H and O–H groups in total. The molecule has 0 aliphatic rings. The van der Waals surface area contributed by atoms with Gasteiger partial charge in [0.05, 0.1) is 24.9 Å². The molecule has 1 aromatic heterocycles. The molecule has 0 saturated heterocycles. The van der Waals surface area contributed by atoms with E-state index < -0.39 is 0 Å². The standard InChI is InChI=1S/C15H20N2O2S/c1-10-14(20-15(17-10)6-7-16)9-11-8-12(18-2)4-5-13(11)19-3/h4-5,8H,6-7,9,16H2,1-3H3. The van der Waals surface area contributed by atoms with E-state index in [4.69, 9.17) is 15.2 Å². The van der Waals surface area contributed by atoms with Gasteiger partial charge in [0.15, 0.2) is 0 Å². The van der Waals surface area contributed by atoms with Gasteiger partial charge in [-0.05, 0) is 31.7 Å². The molecule has 0 unspecified atom stereocenters. The minimum absolute atomic E-state index is 0.634. The second-order valence-electron chi connectivity index (χ2n) is 4.51. The summed E-state index contributed by atoms with van der Waals surface area (Å²) in [6.07, 6.45) is 1.63. The van der Waals surface area contributed by atoms with Gasteiger partial charge in [0, 0.05) is 23.3 Å². The number of ether oxygens (including phenoxy) is 2. The van der Waals surface area contributed by atoms with Gasteiger partial charge in [0.25, 0.3) is 0 Å². The largest absolute Gasteiger partial charge is 0.497 e.